The first-order valence-electron chi connectivity index (χ1n) is 11.6. The van der Waals surface area contributed by atoms with Crippen LogP contribution in [0.5, 0.6) is 0 Å². The van der Waals surface area contributed by atoms with Crippen molar-refractivity contribution in [3.8, 4) is 0 Å². The number of carbonyl (C=O) groups is 1. The topological polar surface area (TPSA) is 65.6 Å². The summed E-state index contributed by atoms with van der Waals surface area (Å²) in [7, 11) is 3.85. The Morgan fingerprint density at radius 1 is 1.12 bits per heavy atom. The van der Waals surface area contributed by atoms with Crippen molar-refractivity contribution in [3.05, 3.63) is 65.2 Å². The molecule has 1 fully saturated rings. The van der Waals surface area contributed by atoms with Gasteiger partial charge in [0, 0.05) is 36.8 Å². The van der Waals surface area contributed by atoms with Gasteiger partial charge in [-0.1, -0.05) is 30.3 Å². The number of anilines is 1. The van der Waals surface area contributed by atoms with Gasteiger partial charge in [-0.05, 0) is 50.7 Å². The van der Waals surface area contributed by atoms with Crippen LogP contribution in [0.4, 0.5) is 23.7 Å². The zero-order valence-corrected chi connectivity index (χ0v) is 19.4. The lowest BCUT2D eigenvalue weighted by Gasteiger charge is -2.46. The van der Waals surface area contributed by atoms with Gasteiger partial charge in [0.1, 0.15) is 0 Å². The molecule has 1 saturated heterocycles. The molecule has 9 heteroatoms. The van der Waals surface area contributed by atoms with E-state index in [1.54, 1.807) is 0 Å². The van der Waals surface area contributed by atoms with Crippen LogP contribution in [0.1, 0.15) is 41.7 Å². The van der Waals surface area contributed by atoms with Gasteiger partial charge in [0.15, 0.2) is 0 Å². The third-order valence-corrected chi connectivity index (χ3v) is 6.47. The summed E-state index contributed by atoms with van der Waals surface area (Å²) in [5.74, 6) is -0.0245. The largest absolute Gasteiger partial charge is 0.416 e. The highest BCUT2D eigenvalue weighted by Crippen LogP contribution is 2.51. The van der Waals surface area contributed by atoms with Crippen molar-refractivity contribution in [1.29, 1.82) is 0 Å². The van der Waals surface area contributed by atoms with E-state index in [1.807, 2.05) is 49.3 Å². The number of hydrogen-bond acceptors (Lipinski definition) is 4. The van der Waals surface area contributed by atoms with Crippen LogP contribution in [-0.2, 0) is 10.9 Å². The van der Waals surface area contributed by atoms with E-state index >= 15 is 0 Å². The van der Waals surface area contributed by atoms with Crippen LogP contribution in [0, 0.1) is 5.92 Å². The first-order chi connectivity index (χ1) is 16.2. The zero-order valence-electron chi connectivity index (χ0n) is 19.4. The normalized spacial score (nSPS) is 24.1. The van der Waals surface area contributed by atoms with Crippen molar-refractivity contribution < 1.29 is 22.7 Å². The fourth-order valence-electron chi connectivity index (χ4n) is 4.74. The molecule has 0 spiro atoms. The number of fused-ring (bicyclic) bond motifs is 3. The van der Waals surface area contributed by atoms with E-state index in [1.165, 1.54) is 12.1 Å². The summed E-state index contributed by atoms with van der Waals surface area (Å²) in [5, 5.41) is 9.09. The molecule has 34 heavy (non-hydrogen) atoms. The number of amides is 2. The van der Waals surface area contributed by atoms with Crippen molar-refractivity contribution in [2.75, 3.05) is 39.0 Å². The molecule has 6 nitrogen and oxygen atoms in total. The maximum atomic E-state index is 13.4. The summed E-state index contributed by atoms with van der Waals surface area (Å²) in [4.78, 5) is 14.1. The van der Waals surface area contributed by atoms with Gasteiger partial charge in [0.2, 0.25) is 0 Å². The second-order valence-electron chi connectivity index (χ2n) is 9.19. The van der Waals surface area contributed by atoms with Gasteiger partial charge in [-0.2, -0.15) is 13.2 Å². The maximum Gasteiger partial charge on any atom is 0.416 e. The zero-order chi connectivity index (χ0) is 24.3. The summed E-state index contributed by atoms with van der Waals surface area (Å²) in [5.41, 5.74) is 1.56. The average Bonchev–Trinajstić information content (AvgIpc) is 2.81. The Balaban J connectivity index is 1.52. The van der Waals surface area contributed by atoms with E-state index in [4.69, 9.17) is 4.74 Å². The average molecular weight is 477 g/mol. The molecule has 2 aromatic carbocycles. The van der Waals surface area contributed by atoms with Gasteiger partial charge < -0.3 is 25.6 Å². The molecule has 2 heterocycles. The van der Waals surface area contributed by atoms with Crippen LogP contribution in [0.2, 0.25) is 0 Å². The van der Waals surface area contributed by atoms with Gasteiger partial charge in [-0.25, -0.2) is 4.79 Å². The van der Waals surface area contributed by atoms with Crippen LogP contribution >= 0.6 is 0 Å². The molecule has 184 valence electrons. The monoisotopic (exact) mass is 476 g/mol. The van der Waals surface area contributed by atoms with Crippen LogP contribution < -0.4 is 16.0 Å². The van der Waals surface area contributed by atoms with Crippen LogP contribution in [-0.4, -0.2) is 50.8 Å². The Hall–Kier alpha value is -2.78. The number of nitrogens with zero attached hydrogens (tertiary/aromatic N) is 1. The Kier molecular flexibility index (Phi) is 7.33. The lowest BCUT2D eigenvalue weighted by molar-refractivity contribution is -0.138. The number of ether oxygens (including phenoxy) is 1. The smallest absolute Gasteiger partial charge is 0.378 e. The molecule has 0 radical (unpaired) electrons. The SMILES string of the molecule is CN(C)CCNC(=O)NC[C@H]1CCC2C(c3ccccc3)Nc3ccc(C(F)(F)F)cc3C2O1. The van der Waals surface area contributed by atoms with Crippen molar-refractivity contribution in [2.45, 2.75) is 37.3 Å². The number of nitrogens with one attached hydrogen (secondary N) is 3. The molecule has 2 aliphatic rings. The molecule has 3 unspecified atom stereocenters. The van der Waals surface area contributed by atoms with Crippen LogP contribution in [0.25, 0.3) is 0 Å². The number of rotatable bonds is 6. The molecule has 2 aromatic rings. The Labute approximate surface area is 197 Å². The van der Waals surface area contributed by atoms with E-state index in [0.29, 0.717) is 30.8 Å². The third kappa shape index (κ3) is 5.64. The van der Waals surface area contributed by atoms with Gasteiger partial charge >= 0.3 is 12.2 Å². The number of hydrogen-bond donors (Lipinski definition) is 3. The molecule has 0 bridgehead atoms. The van der Waals surface area contributed by atoms with Crippen LogP contribution in [0.15, 0.2) is 48.5 Å². The summed E-state index contributed by atoms with van der Waals surface area (Å²) < 4.78 is 46.7. The number of benzene rings is 2. The molecular weight excluding hydrogens is 445 g/mol. The molecule has 3 N–H and O–H groups in total. The second kappa shape index (κ2) is 10.2. The quantitative estimate of drug-likeness (QED) is 0.572. The third-order valence-electron chi connectivity index (χ3n) is 6.47. The highest BCUT2D eigenvalue weighted by Gasteiger charge is 2.43. The Bertz CT molecular complexity index is 984. The van der Waals surface area contributed by atoms with E-state index in [0.717, 1.165) is 24.6 Å². The number of alkyl halides is 3. The first-order valence-corrected chi connectivity index (χ1v) is 11.6. The lowest BCUT2D eigenvalue weighted by atomic mass is 9.76. The maximum absolute atomic E-state index is 13.4. The summed E-state index contributed by atoms with van der Waals surface area (Å²) in [6, 6.07) is 13.4. The molecule has 2 amide bonds. The minimum absolute atomic E-state index is 0.0245. The van der Waals surface area contributed by atoms with Gasteiger partial charge in [-0.15, -0.1) is 0 Å². The summed E-state index contributed by atoms with van der Waals surface area (Å²) >= 11 is 0. The number of halogens is 3. The van der Waals surface area contributed by atoms with E-state index < -0.39 is 17.8 Å². The first kappa shape index (κ1) is 24.3. The highest BCUT2D eigenvalue weighted by atomic mass is 19.4. The summed E-state index contributed by atoms with van der Waals surface area (Å²) in [6.07, 6.45) is -3.74. The van der Waals surface area contributed by atoms with Crippen molar-refractivity contribution in [1.82, 2.24) is 15.5 Å². The number of carbonyl (C=O) groups excluding carboxylic acids is 1. The van der Waals surface area contributed by atoms with E-state index in [9.17, 15) is 18.0 Å². The molecule has 4 rings (SSSR count). The minimum atomic E-state index is -4.43. The predicted octanol–water partition coefficient (Wildman–Crippen LogP) is 4.57. The Morgan fingerprint density at radius 3 is 2.59 bits per heavy atom. The second-order valence-corrected chi connectivity index (χ2v) is 9.19. The van der Waals surface area contributed by atoms with Crippen molar-refractivity contribution in [3.63, 3.8) is 0 Å². The van der Waals surface area contributed by atoms with Gasteiger partial charge in [-0.3, -0.25) is 0 Å². The summed E-state index contributed by atoms with van der Waals surface area (Å²) in [6.45, 7) is 1.55. The molecule has 4 atom stereocenters. The molecule has 2 aliphatic heterocycles. The number of urea groups is 1. The van der Waals surface area contributed by atoms with Crippen LogP contribution in [0.3, 0.4) is 0 Å². The molecule has 0 aromatic heterocycles. The van der Waals surface area contributed by atoms with Crippen molar-refractivity contribution >= 4 is 11.7 Å². The van der Waals surface area contributed by atoms with Gasteiger partial charge in [0.05, 0.1) is 23.8 Å². The predicted molar refractivity (Wildman–Crippen MR) is 125 cm³/mol. The van der Waals surface area contributed by atoms with Crippen molar-refractivity contribution in [2.24, 2.45) is 5.92 Å². The molecule has 0 aliphatic carbocycles. The highest BCUT2D eigenvalue weighted by molar-refractivity contribution is 5.73. The Morgan fingerprint density at radius 2 is 1.88 bits per heavy atom. The van der Waals surface area contributed by atoms with E-state index in [2.05, 4.69) is 16.0 Å². The van der Waals surface area contributed by atoms with E-state index in [-0.39, 0.29) is 24.1 Å². The number of likely N-dealkylation sites (N-methyl/N-ethyl adjacent to an activating group) is 1. The fourth-order valence-corrected chi connectivity index (χ4v) is 4.74. The molecule has 0 saturated carbocycles. The fraction of sp³-hybridized carbons (Fsp3) is 0.480. The minimum Gasteiger partial charge on any atom is -0.378 e. The standard InChI is InChI=1S/C25H31F3N4O2/c1-32(2)13-12-29-24(33)30-15-18-9-10-19-22(16-6-4-3-5-7-16)31-21-11-8-17(25(26,27)28)14-20(21)23(19)34-18/h3-8,11,14,18-19,22-23,31H,9-10,12-13,15H2,1-2H3,(H2,29,30,33)/t18-,19?,22?,23?/m1/s1. The molecular formula is C25H31F3N4O2. The lowest BCUT2D eigenvalue weighted by Crippen LogP contribution is -2.46. The van der Waals surface area contributed by atoms with Gasteiger partial charge in [0.25, 0.3) is 0 Å².